The van der Waals surface area contributed by atoms with E-state index in [4.69, 9.17) is 12.2 Å². The van der Waals surface area contributed by atoms with Gasteiger partial charge >= 0.3 is 0 Å². The molecule has 2 aromatic rings. The van der Waals surface area contributed by atoms with E-state index in [1.807, 2.05) is 0 Å². The molecule has 2 aromatic carbocycles. The molecule has 0 fully saturated rings. The average molecular weight is 282 g/mol. The van der Waals surface area contributed by atoms with Crippen molar-refractivity contribution in [2.45, 2.75) is 0 Å². The van der Waals surface area contributed by atoms with Crippen LogP contribution in [-0.2, 0) is 0 Å². The topological polar surface area (TPSA) is 24.1 Å². The summed E-state index contributed by atoms with van der Waals surface area (Å²) in [5.74, 6) is -1.75. The molecule has 98 valence electrons. The standard InChI is InChI=1S/C13H9F3N2S/c14-8-5-6-10(16)12(7-8)18-13(19)17-11-4-2-1-3-9(11)15/h1-7H,(H2,17,18,19). The first-order valence-electron chi connectivity index (χ1n) is 5.34. The van der Waals surface area contributed by atoms with Gasteiger partial charge in [0, 0.05) is 6.07 Å². The minimum Gasteiger partial charge on any atom is -0.330 e. The lowest BCUT2D eigenvalue weighted by atomic mass is 10.3. The Balaban J connectivity index is 2.10. The molecule has 2 rings (SSSR count). The highest BCUT2D eigenvalue weighted by Gasteiger charge is 2.07. The molecule has 19 heavy (non-hydrogen) atoms. The van der Waals surface area contributed by atoms with Gasteiger partial charge in [-0.1, -0.05) is 12.1 Å². The lowest BCUT2D eigenvalue weighted by molar-refractivity contribution is 0.604. The van der Waals surface area contributed by atoms with Crippen molar-refractivity contribution in [2.75, 3.05) is 10.6 Å². The van der Waals surface area contributed by atoms with Crippen molar-refractivity contribution in [1.29, 1.82) is 0 Å². The van der Waals surface area contributed by atoms with Crippen LogP contribution in [0.25, 0.3) is 0 Å². The fourth-order valence-electron chi connectivity index (χ4n) is 1.43. The highest BCUT2D eigenvalue weighted by atomic mass is 32.1. The number of para-hydroxylation sites is 1. The van der Waals surface area contributed by atoms with E-state index in [-0.39, 0.29) is 16.5 Å². The molecule has 0 aromatic heterocycles. The van der Waals surface area contributed by atoms with Crippen LogP contribution in [0.3, 0.4) is 0 Å². The van der Waals surface area contributed by atoms with Gasteiger partial charge in [0.25, 0.3) is 0 Å². The maximum atomic E-state index is 13.4. The van der Waals surface area contributed by atoms with Crippen molar-refractivity contribution in [2.24, 2.45) is 0 Å². The van der Waals surface area contributed by atoms with Gasteiger partial charge in [-0.3, -0.25) is 0 Å². The van der Waals surface area contributed by atoms with E-state index in [1.165, 1.54) is 18.2 Å². The second kappa shape index (κ2) is 5.71. The van der Waals surface area contributed by atoms with Gasteiger partial charge in [0.2, 0.25) is 0 Å². The van der Waals surface area contributed by atoms with E-state index in [2.05, 4.69) is 10.6 Å². The predicted octanol–water partition coefficient (Wildman–Crippen LogP) is 3.91. The number of benzene rings is 2. The van der Waals surface area contributed by atoms with Crippen LogP contribution in [0.4, 0.5) is 24.5 Å². The zero-order chi connectivity index (χ0) is 13.8. The van der Waals surface area contributed by atoms with Gasteiger partial charge in [0.15, 0.2) is 5.11 Å². The first-order valence-corrected chi connectivity index (χ1v) is 5.74. The summed E-state index contributed by atoms with van der Waals surface area (Å²) in [6.45, 7) is 0. The number of hydrogen-bond donors (Lipinski definition) is 2. The molecule has 0 saturated heterocycles. The quantitative estimate of drug-likeness (QED) is 0.817. The van der Waals surface area contributed by atoms with Crippen LogP contribution in [0.15, 0.2) is 42.5 Å². The van der Waals surface area contributed by atoms with E-state index in [0.29, 0.717) is 0 Å². The lowest BCUT2D eigenvalue weighted by Crippen LogP contribution is -2.20. The summed E-state index contributed by atoms with van der Waals surface area (Å²) in [6, 6.07) is 8.82. The van der Waals surface area contributed by atoms with Gasteiger partial charge in [-0.2, -0.15) is 0 Å². The number of nitrogens with one attached hydrogen (secondary N) is 2. The molecule has 0 radical (unpaired) electrons. The molecule has 0 bridgehead atoms. The Morgan fingerprint density at radius 3 is 2.21 bits per heavy atom. The molecule has 0 aliphatic heterocycles. The number of anilines is 2. The minimum absolute atomic E-state index is 0.0328. The number of halogens is 3. The fourth-order valence-corrected chi connectivity index (χ4v) is 1.65. The fraction of sp³-hybridized carbons (Fsp3) is 0. The summed E-state index contributed by atoms with van der Waals surface area (Å²) < 4.78 is 39.7. The zero-order valence-electron chi connectivity index (χ0n) is 9.58. The van der Waals surface area contributed by atoms with Gasteiger partial charge in [0.05, 0.1) is 11.4 Å². The largest absolute Gasteiger partial charge is 0.330 e. The molecular weight excluding hydrogens is 273 g/mol. The third-order valence-electron chi connectivity index (χ3n) is 2.30. The van der Waals surface area contributed by atoms with Crippen molar-refractivity contribution >= 4 is 28.7 Å². The Morgan fingerprint density at radius 1 is 0.842 bits per heavy atom. The van der Waals surface area contributed by atoms with Crippen LogP contribution in [0.2, 0.25) is 0 Å². The normalized spacial score (nSPS) is 10.1. The van der Waals surface area contributed by atoms with Crippen LogP contribution in [-0.4, -0.2) is 5.11 Å². The van der Waals surface area contributed by atoms with Crippen LogP contribution in [0, 0.1) is 17.5 Å². The predicted molar refractivity (Wildman–Crippen MR) is 72.6 cm³/mol. The molecule has 6 heteroatoms. The van der Waals surface area contributed by atoms with Crippen LogP contribution < -0.4 is 10.6 Å². The molecule has 2 nitrogen and oxygen atoms in total. The smallest absolute Gasteiger partial charge is 0.175 e. The Kier molecular flexibility index (Phi) is 4.01. The SMILES string of the molecule is Fc1ccc(F)c(NC(=S)Nc2ccccc2F)c1. The maximum Gasteiger partial charge on any atom is 0.175 e. The molecule has 0 unspecified atom stereocenters. The summed E-state index contributed by atoms with van der Waals surface area (Å²) in [5, 5.41) is 4.99. The van der Waals surface area contributed by atoms with Crippen molar-refractivity contribution in [3.05, 3.63) is 59.9 Å². The van der Waals surface area contributed by atoms with Crippen LogP contribution in [0.5, 0.6) is 0 Å². The first-order chi connectivity index (χ1) is 9.06. The van der Waals surface area contributed by atoms with E-state index in [0.717, 1.165) is 18.2 Å². The van der Waals surface area contributed by atoms with Crippen molar-refractivity contribution in [3.63, 3.8) is 0 Å². The molecule has 0 aliphatic carbocycles. The highest BCUT2D eigenvalue weighted by molar-refractivity contribution is 7.80. The molecule has 2 N–H and O–H groups in total. The summed E-state index contributed by atoms with van der Waals surface area (Å²) in [4.78, 5) is 0. The summed E-state index contributed by atoms with van der Waals surface area (Å²) >= 11 is 4.90. The molecule has 0 aliphatic rings. The minimum atomic E-state index is -0.654. The third kappa shape index (κ3) is 3.45. The highest BCUT2D eigenvalue weighted by Crippen LogP contribution is 2.17. The Bertz CT molecular complexity index is 617. The first kappa shape index (κ1) is 13.4. The Hall–Kier alpha value is -2.08. The lowest BCUT2D eigenvalue weighted by Gasteiger charge is -2.11. The van der Waals surface area contributed by atoms with Crippen LogP contribution >= 0.6 is 12.2 Å². The second-order valence-corrected chi connectivity index (χ2v) is 4.09. The van der Waals surface area contributed by atoms with Crippen molar-refractivity contribution < 1.29 is 13.2 Å². The van der Waals surface area contributed by atoms with Gasteiger partial charge < -0.3 is 10.6 Å². The van der Waals surface area contributed by atoms with E-state index >= 15 is 0 Å². The molecule has 0 atom stereocenters. The van der Waals surface area contributed by atoms with E-state index in [1.54, 1.807) is 6.07 Å². The summed E-state index contributed by atoms with van der Waals surface area (Å²) in [6.07, 6.45) is 0. The molecule has 0 saturated carbocycles. The van der Waals surface area contributed by atoms with Crippen molar-refractivity contribution in [1.82, 2.24) is 0 Å². The molecule has 0 amide bonds. The second-order valence-electron chi connectivity index (χ2n) is 3.68. The maximum absolute atomic E-state index is 13.4. The average Bonchev–Trinajstić information content (AvgIpc) is 2.37. The summed E-state index contributed by atoms with van der Waals surface area (Å²) in [7, 11) is 0. The third-order valence-corrected chi connectivity index (χ3v) is 2.50. The van der Waals surface area contributed by atoms with Gasteiger partial charge in [0.1, 0.15) is 17.5 Å². The molecule has 0 spiro atoms. The van der Waals surface area contributed by atoms with Crippen LogP contribution in [0.1, 0.15) is 0 Å². The van der Waals surface area contributed by atoms with E-state index in [9.17, 15) is 13.2 Å². The van der Waals surface area contributed by atoms with E-state index < -0.39 is 17.5 Å². The van der Waals surface area contributed by atoms with Gasteiger partial charge in [-0.25, -0.2) is 13.2 Å². The van der Waals surface area contributed by atoms with Gasteiger partial charge in [-0.15, -0.1) is 0 Å². The number of hydrogen-bond acceptors (Lipinski definition) is 1. The molecular formula is C13H9F3N2S. The number of rotatable bonds is 2. The monoisotopic (exact) mass is 282 g/mol. The Morgan fingerprint density at radius 2 is 1.47 bits per heavy atom. The van der Waals surface area contributed by atoms with Crippen molar-refractivity contribution in [3.8, 4) is 0 Å². The van der Waals surface area contributed by atoms with Gasteiger partial charge in [-0.05, 0) is 36.5 Å². The summed E-state index contributed by atoms with van der Waals surface area (Å²) in [5.41, 5.74) is 0.0330. The number of thiocarbonyl (C=S) groups is 1. The zero-order valence-corrected chi connectivity index (χ0v) is 10.4. The Labute approximate surface area is 113 Å². The molecule has 0 heterocycles.